The SMILES string of the molecule is O=C(Nc1ccccc1C(=O)NC[C@@H]1CCCO1)c1cc2c(s1)CCCC2. The van der Waals surface area contributed by atoms with Crippen LogP contribution in [0.1, 0.15) is 56.2 Å². The number of hydrogen-bond donors (Lipinski definition) is 2. The van der Waals surface area contributed by atoms with E-state index in [9.17, 15) is 9.59 Å². The molecule has 0 unspecified atom stereocenters. The Bertz CT molecular complexity index is 816. The summed E-state index contributed by atoms with van der Waals surface area (Å²) >= 11 is 1.57. The van der Waals surface area contributed by atoms with Gasteiger partial charge in [0.15, 0.2) is 0 Å². The average molecular weight is 385 g/mol. The van der Waals surface area contributed by atoms with E-state index in [4.69, 9.17) is 4.74 Å². The Balaban J connectivity index is 1.44. The van der Waals surface area contributed by atoms with Gasteiger partial charge in [0.25, 0.3) is 11.8 Å². The number of thiophene rings is 1. The number of anilines is 1. The number of amides is 2. The first kappa shape index (κ1) is 18.2. The van der Waals surface area contributed by atoms with Gasteiger partial charge >= 0.3 is 0 Å². The number of carbonyl (C=O) groups is 2. The van der Waals surface area contributed by atoms with Crippen LogP contribution in [0.3, 0.4) is 0 Å². The molecule has 1 aliphatic heterocycles. The molecule has 0 spiro atoms. The summed E-state index contributed by atoms with van der Waals surface area (Å²) in [6.07, 6.45) is 6.62. The van der Waals surface area contributed by atoms with Crippen molar-refractivity contribution in [1.82, 2.24) is 5.32 Å². The second-order valence-electron chi connectivity index (χ2n) is 7.11. The Morgan fingerprint density at radius 2 is 1.96 bits per heavy atom. The standard InChI is InChI=1S/C21H24N2O3S/c24-20(22-13-15-7-5-11-26-15)16-8-2-3-9-17(16)23-21(25)19-12-14-6-1-4-10-18(14)27-19/h2-3,8-9,12,15H,1,4-7,10-11,13H2,(H,22,24)(H,23,25)/t15-/m0/s1. The summed E-state index contributed by atoms with van der Waals surface area (Å²) in [7, 11) is 0. The highest BCUT2D eigenvalue weighted by atomic mass is 32.1. The predicted octanol–water partition coefficient (Wildman–Crippen LogP) is 3.79. The fourth-order valence-corrected chi connectivity index (χ4v) is 4.83. The highest BCUT2D eigenvalue weighted by Gasteiger charge is 2.20. The summed E-state index contributed by atoms with van der Waals surface area (Å²) in [4.78, 5) is 27.4. The van der Waals surface area contributed by atoms with Crippen molar-refractivity contribution >= 4 is 28.8 Å². The maximum Gasteiger partial charge on any atom is 0.265 e. The summed E-state index contributed by atoms with van der Waals surface area (Å²) in [5.41, 5.74) is 2.32. The van der Waals surface area contributed by atoms with Crippen molar-refractivity contribution in [2.24, 2.45) is 0 Å². The van der Waals surface area contributed by atoms with Gasteiger partial charge in [0.1, 0.15) is 0 Å². The number of carbonyl (C=O) groups excluding carboxylic acids is 2. The molecule has 2 aromatic rings. The molecule has 6 heteroatoms. The smallest absolute Gasteiger partial charge is 0.265 e. The summed E-state index contributed by atoms with van der Waals surface area (Å²) in [5, 5.41) is 5.85. The zero-order valence-electron chi connectivity index (χ0n) is 15.3. The van der Waals surface area contributed by atoms with Gasteiger partial charge in [0, 0.05) is 18.0 Å². The van der Waals surface area contributed by atoms with E-state index >= 15 is 0 Å². The van der Waals surface area contributed by atoms with Crippen molar-refractivity contribution in [2.45, 2.75) is 44.6 Å². The Kier molecular flexibility index (Phi) is 5.55. The predicted molar refractivity (Wildman–Crippen MR) is 107 cm³/mol. The van der Waals surface area contributed by atoms with E-state index < -0.39 is 0 Å². The number of ether oxygens (including phenoxy) is 1. The van der Waals surface area contributed by atoms with E-state index in [0.717, 1.165) is 37.2 Å². The van der Waals surface area contributed by atoms with E-state index in [1.807, 2.05) is 12.1 Å². The second kappa shape index (κ2) is 8.23. The van der Waals surface area contributed by atoms with E-state index in [2.05, 4.69) is 10.6 Å². The van der Waals surface area contributed by atoms with Crippen LogP contribution in [-0.2, 0) is 17.6 Å². The minimum absolute atomic E-state index is 0.0909. The molecule has 1 saturated heterocycles. The van der Waals surface area contributed by atoms with Gasteiger partial charge in [0.05, 0.1) is 22.2 Å². The summed E-state index contributed by atoms with van der Waals surface area (Å²) in [6.45, 7) is 1.26. The third-order valence-electron chi connectivity index (χ3n) is 5.15. The van der Waals surface area contributed by atoms with Crippen molar-refractivity contribution in [1.29, 1.82) is 0 Å². The summed E-state index contributed by atoms with van der Waals surface area (Å²) < 4.78 is 5.55. The van der Waals surface area contributed by atoms with Gasteiger partial charge in [-0.2, -0.15) is 0 Å². The number of nitrogens with one attached hydrogen (secondary N) is 2. The molecule has 2 heterocycles. The third kappa shape index (κ3) is 4.22. The van der Waals surface area contributed by atoms with Crippen molar-refractivity contribution in [3.05, 3.63) is 51.2 Å². The Morgan fingerprint density at radius 1 is 1.11 bits per heavy atom. The van der Waals surface area contributed by atoms with Crippen molar-refractivity contribution in [3.63, 3.8) is 0 Å². The lowest BCUT2D eigenvalue weighted by Crippen LogP contribution is -2.32. The van der Waals surface area contributed by atoms with Gasteiger partial charge in [-0.25, -0.2) is 0 Å². The van der Waals surface area contributed by atoms with Gasteiger partial charge in [0.2, 0.25) is 0 Å². The summed E-state index contributed by atoms with van der Waals surface area (Å²) in [5.74, 6) is -0.333. The summed E-state index contributed by atoms with van der Waals surface area (Å²) in [6, 6.07) is 9.15. The molecule has 2 N–H and O–H groups in total. The van der Waals surface area contributed by atoms with Crippen LogP contribution in [0, 0.1) is 0 Å². The molecule has 1 atom stereocenters. The molecule has 1 aliphatic carbocycles. The molecule has 0 bridgehead atoms. The highest BCUT2D eigenvalue weighted by molar-refractivity contribution is 7.14. The minimum Gasteiger partial charge on any atom is -0.376 e. The quantitative estimate of drug-likeness (QED) is 0.824. The number of fused-ring (bicyclic) bond motifs is 1. The van der Waals surface area contributed by atoms with Gasteiger partial charge in [-0.3, -0.25) is 9.59 Å². The molecule has 2 aliphatic rings. The van der Waals surface area contributed by atoms with Crippen LogP contribution in [0.4, 0.5) is 5.69 Å². The fraction of sp³-hybridized carbons (Fsp3) is 0.429. The molecule has 4 rings (SSSR count). The van der Waals surface area contributed by atoms with Crippen LogP contribution < -0.4 is 10.6 Å². The fourth-order valence-electron chi connectivity index (χ4n) is 3.68. The number of rotatable bonds is 5. The van der Waals surface area contributed by atoms with E-state index in [0.29, 0.717) is 17.8 Å². The zero-order valence-corrected chi connectivity index (χ0v) is 16.1. The van der Waals surface area contributed by atoms with Crippen LogP contribution in [0.2, 0.25) is 0 Å². The number of para-hydroxylation sites is 1. The first-order chi connectivity index (χ1) is 13.2. The molecule has 27 heavy (non-hydrogen) atoms. The maximum atomic E-state index is 12.7. The monoisotopic (exact) mass is 384 g/mol. The molecule has 0 saturated carbocycles. The van der Waals surface area contributed by atoms with Crippen molar-refractivity contribution < 1.29 is 14.3 Å². The van der Waals surface area contributed by atoms with Crippen molar-refractivity contribution in [2.75, 3.05) is 18.5 Å². The Morgan fingerprint density at radius 3 is 2.78 bits per heavy atom. The molecule has 142 valence electrons. The Hall–Kier alpha value is -2.18. The minimum atomic E-state index is -0.188. The molecule has 5 nitrogen and oxygen atoms in total. The topological polar surface area (TPSA) is 67.4 Å². The van der Waals surface area contributed by atoms with E-state index in [-0.39, 0.29) is 17.9 Å². The highest BCUT2D eigenvalue weighted by Crippen LogP contribution is 2.30. The number of benzene rings is 1. The molecule has 2 amide bonds. The van der Waals surface area contributed by atoms with Crippen LogP contribution in [0.25, 0.3) is 0 Å². The molecule has 1 aromatic heterocycles. The number of hydrogen-bond acceptors (Lipinski definition) is 4. The Labute approximate surface area is 163 Å². The first-order valence-corrected chi connectivity index (χ1v) is 10.4. The molecule has 1 aromatic carbocycles. The largest absolute Gasteiger partial charge is 0.376 e. The van der Waals surface area contributed by atoms with Gasteiger partial charge in [-0.1, -0.05) is 12.1 Å². The van der Waals surface area contributed by atoms with Crippen molar-refractivity contribution in [3.8, 4) is 0 Å². The second-order valence-corrected chi connectivity index (χ2v) is 8.25. The molecular weight excluding hydrogens is 360 g/mol. The van der Waals surface area contributed by atoms with E-state index in [1.54, 1.807) is 29.5 Å². The zero-order chi connectivity index (χ0) is 18.6. The normalized spacial score (nSPS) is 18.7. The molecule has 1 fully saturated rings. The first-order valence-electron chi connectivity index (χ1n) is 9.62. The van der Waals surface area contributed by atoms with Crippen LogP contribution in [0.5, 0.6) is 0 Å². The molecule has 0 radical (unpaired) electrons. The molecular formula is C21H24N2O3S. The number of aryl methyl sites for hydroxylation is 2. The maximum absolute atomic E-state index is 12.7. The van der Waals surface area contributed by atoms with E-state index in [1.165, 1.54) is 23.3 Å². The van der Waals surface area contributed by atoms with Crippen LogP contribution >= 0.6 is 11.3 Å². The lowest BCUT2D eigenvalue weighted by molar-refractivity contribution is 0.0858. The van der Waals surface area contributed by atoms with Crippen LogP contribution in [-0.4, -0.2) is 31.1 Å². The van der Waals surface area contributed by atoms with Gasteiger partial charge in [-0.05, 0) is 62.3 Å². The van der Waals surface area contributed by atoms with Gasteiger partial charge in [-0.15, -0.1) is 11.3 Å². The lowest BCUT2D eigenvalue weighted by atomic mass is 9.99. The third-order valence-corrected chi connectivity index (χ3v) is 6.39. The average Bonchev–Trinajstić information content (AvgIpc) is 3.36. The lowest BCUT2D eigenvalue weighted by Gasteiger charge is -2.13. The van der Waals surface area contributed by atoms with Gasteiger partial charge < -0.3 is 15.4 Å². The van der Waals surface area contributed by atoms with Crippen LogP contribution in [0.15, 0.2) is 30.3 Å².